The molecule has 1 aromatic carbocycles. The van der Waals surface area contributed by atoms with E-state index in [-0.39, 0.29) is 0 Å². The Morgan fingerprint density at radius 1 is 1.19 bits per heavy atom. The van der Waals surface area contributed by atoms with Gasteiger partial charge in [0.15, 0.2) is 0 Å². The monoisotopic (exact) mass is 288 g/mol. The van der Waals surface area contributed by atoms with Gasteiger partial charge in [-0.1, -0.05) is 0 Å². The number of nitrogens with one attached hydrogen (secondary N) is 1. The van der Waals surface area contributed by atoms with Crippen molar-refractivity contribution in [2.45, 2.75) is 20.4 Å². The molecule has 0 bridgehead atoms. The third-order valence-electron chi connectivity index (χ3n) is 3.50. The fourth-order valence-corrected chi connectivity index (χ4v) is 2.28. The highest BCUT2D eigenvalue weighted by molar-refractivity contribution is 5.59. The normalized spacial score (nSPS) is 10.6. The number of hydrogen-bond acceptors (Lipinski definition) is 4. The fourth-order valence-electron chi connectivity index (χ4n) is 2.28. The van der Waals surface area contributed by atoms with Crippen LogP contribution in [0, 0.1) is 0 Å². The van der Waals surface area contributed by atoms with Crippen molar-refractivity contribution in [1.29, 1.82) is 0 Å². The molecule has 0 radical (unpaired) electrons. The van der Waals surface area contributed by atoms with Crippen molar-refractivity contribution >= 4 is 17.3 Å². The van der Waals surface area contributed by atoms with Crippen LogP contribution in [-0.2, 0) is 11.3 Å². The number of nitrogens with zero attached hydrogens (tertiary/aromatic N) is 3. The van der Waals surface area contributed by atoms with Crippen molar-refractivity contribution < 1.29 is 4.74 Å². The topological polar surface area (TPSA) is 42.3 Å². The van der Waals surface area contributed by atoms with E-state index < -0.39 is 0 Å². The van der Waals surface area contributed by atoms with Gasteiger partial charge in [-0.05, 0) is 38.1 Å². The molecule has 0 aliphatic rings. The number of ether oxygens (including phenoxy) is 1. The maximum Gasteiger partial charge on any atom is 0.207 e. The van der Waals surface area contributed by atoms with Crippen LogP contribution in [0.5, 0.6) is 0 Å². The number of hydrogen-bond donors (Lipinski definition) is 1. The van der Waals surface area contributed by atoms with Crippen LogP contribution in [0.1, 0.15) is 13.8 Å². The first kappa shape index (κ1) is 15.4. The van der Waals surface area contributed by atoms with Crippen LogP contribution in [0.2, 0.25) is 0 Å². The number of aromatic nitrogens is 2. The average Bonchev–Trinajstić information content (AvgIpc) is 2.95. The van der Waals surface area contributed by atoms with Crippen LogP contribution in [0.25, 0.3) is 0 Å². The first-order chi connectivity index (χ1) is 10.3. The highest BCUT2D eigenvalue weighted by atomic mass is 16.5. The first-order valence-corrected chi connectivity index (χ1v) is 7.40. The lowest BCUT2D eigenvalue weighted by Gasteiger charge is -2.21. The van der Waals surface area contributed by atoms with Crippen LogP contribution in [0.3, 0.4) is 0 Å². The summed E-state index contributed by atoms with van der Waals surface area (Å²) in [5, 5.41) is 3.34. The van der Waals surface area contributed by atoms with E-state index in [2.05, 4.69) is 53.3 Å². The van der Waals surface area contributed by atoms with Gasteiger partial charge in [-0.2, -0.15) is 0 Å². The lowest BCUT2D eigenvalue weighted by atomic mass is 10.2. The molecule has 0 saturated heterocycles. The summed E-state index contributed by atoms with van der Waals surface area (Å²) < 4.78 is 7.15. The molecule has 1 N–H and O–H groups in total. The second-order valence-electron chi connectivity index (χ2n) is 4.78. The summed E-state index contributed by atoms with van der Waals surface area (Å²) in [6.07, 6.45) is 3.74. The summed E-state index contributed by atoms with van der Waals surface area (Å²) in [5.74, 6) is 0.836. The second-order valence-corrected chi connectivity index (χ2v) is 4.78. The number of anilines is 3. The quantitative estimate of drug-likeness (QED) is 0.810. The molecule has 1 heterocycles. The van der Waals surface area contributed by atoms with Crippen molar-refractivity contribution in [3.8, 4) is 0 Å². The van der Waals surface area contributed by atoms with E-state index in [0.717, 1.165) is 31.3 Å². The first-order valence-electron chi connectivity index (χ1n) is 7.40. The molecule has 0 unspecified atom stereocenters. The zero-order chi connectivity index (χ0) is 15.1. The Morgan fingerprint density at radius 3 is 2.52 bits per heavy atom. The van der Waals surface area contributed by atoms with Crippen LogP contribution >= 0.6 is 0 Å². The molecule has 5 nitrogen and oxygen atoms in total. The highest BCUT2D eigenvalue weighted by Crippen LogP contribution is 2.20. The number of imidazole rings is 1. The molecule has 2 aromatic rings. The predicted molar refractivity (Wildman–Crippen MR) is 87.4 cm³/mol. The smallest absolute Gasteiger partial charge is 0.207 e. The molecule has 0 fully saturated rings. The molecule has 114 valence electrons. The Kier molecular flexibility index (Phi) is 5.63. The maximum absolute atomic E-state index is 5.11. The molecular weight excluding hydrogens is 264 g/mol. The van der Waals surface area contributed by atoms with E-state index in [0.29, 0.717) is 6.61 Å². The maximum atomic E-state index is 5.11. The molecule has 2 rings (SSSR count). The summed E-state index contributed by atoms with van der Waals surface area (Å²) in [6, 6.07) is 8.45. The molecule has 1 aromatic heterocycles. The largest absolute Gasteiger partial charge is 0.383 e. The van der Waals surface area contributed by atoms with Gasteiger partial charge in [0.2, 0.25) is 5.95 Å². The predicted octanol–water partition coefficient (Wildman–Crippen LogP) is 3.12. The van der Waals surface area contributed by atoms with Crippen molar-refractivity contribution in [2.75, 3.05) is 37.0 Å². The number of rotatable bonds is 8. The molecule has 0 saturated carbocycles. The van der Waals surface area contributed by atoms with E-state index in [1.807, 2.05) is 10.8 Å². The van der Waals surface area contributed by atoms with Crippen LogP contribution in [0.15, 0.2) is 36.7 Å². The van der Waals surface area contributed by atoms with Gasteiger partial charge in [0.1, 0.15) is 0 Å². The van der Waals surface area contributed by atoms with Gasteiger partial charge in [-0.15, -0.1) is 0 Å². The Morgan fingerprint density at radius 2 is 1.90 bits per heavy atom. The number of benzene rings is 1. The molecule has 21 heavy (non-hydrogen) atoms. The van der Waals surface area contributed by atoms with Gasteiger partial charge in [-0.25, -0.2) is 4.98 Å². The Labute approximate surface area is 126 Å². The van der Waals surface area contributed by atoms with E-state index in [4.69, 9.17) is 4.74 Å². The minimum atomic E-state index is 0.673. The Balaban J connectivity index is 2.05. The zero-order valence-electron chi connectivity index (χ0n) is 13.0. The van der Waals surface area contributed by atoms with Crippen molar-refractivity contribution in [2.24, 2.45) is 0 Å². The zero-order valence-corrected chi connectivity index (χ0v) is 13.0. The van der Waals surface area contributed by atoms with Crippen LogP contribution in [-0.4, -0.2) is 36.4 Å². The van der Waals surface area contributed by atoms with Gasteiger partial charge >= 0.3 is 0 Å². The van der Waals surface area contributed by atoms with Gasteiger partial charge in [-0.3, -0.25) is 0 Å². The Bertz CT molecular complexity index is 531. The van der Waals surface area contributed by atoms with E-state index in [1.54, 1.807) is 13.3 Å². The minimum absolute atomic E-state index is 0.673. The minimum Gasteiger partial charge on any atom is -0.383 e. The molecule has 0 aliphatic heterocycles. The van der Waals surface area contributed by atoms with E-state index in [9.17, 15) is 0 Å². The SMILES string of the molecule is CCN(CC)c1ccc(Nc2nccn2CCOC)cc1. The molecule has 0 amide bonds. The van der Waals surface area contributed by atoms with Crippen molar-refractivity contribution in [3.63, 3.8) is 0 Å². The van der Waals surface area contributed by atoms with Gasteiger partial charge in [0.25, 0.3) is 0 Å². The van der Waals surface area contributed by atoms with Crippen LogP contribution in [0.4, 0.5) is 17.3 Å². The van der Waals surface area contributed by atoms with E-state index in [1.165, 1.54) is 5.69 Å². The van der Waals surface area contributed by atoms with E-state index >= 15 is 0 Å². The third-order valence-corrected chi connectivity index (χ3v) is 3.50. The molecule has 5 heteroatoms. The lowest BCUT2D eigenvalue weighted by molar-refractivity contribution is 0.188. The van der Waals surface area contributed by atoms with Crippen molar-refractivity contribution in [3.05, 3.63) is 36.7 Å². The van der Waals surface area contributed by atoms with Gasteiger partial charge in [0.05, 0.1) is 6.61 Å². The summed E-state index contributed by atoms with van der Waals surface area (Å²) in [4.78, 5) is 6.66. The summed E-state index contributed by atoms with van der Waals surface area (Å²) in [7, 11) is 1.70. The molecule has 0 aliphatic carbocycles. The molecular formula is C16H24N4O. The summed E-state index contributed by atoms with van der Waals surface area (Å²) in [5.41, 5.74) is 2.28. The van der Waals surface area contributed by atoms with Crippen LogP contribution < -0.4 is 10.2 Å². The van der Waals surface area contributed by atoms with Gasteiger partial charge < -0.3 is 19.5 Å². The lowest BCUT2D eigenvalue weighted by Crippen LogP contribution is -2.21. The fraction of sp³-hybridized carbons (Fsp3) is 0.438. The Hall–Kier alpha value is -2.01. The molecule has 0 spiro atoms. The molecule has 0 atom stereocenters. The van der Waals surface area contributed by atoms with Crippen molar-refractivity contribution in [1.82, 2.24) is 9.55 Å². The third kappa shape index (κ3) is 3.98. The van der Waals surface area contributed by atoms with Gasteiger partial charge in [0, 0.05) is 50.5 Å². The summed E-state index contributed by atoms with van der Waals surface area (Å²) in [6.45, 7) is 7.84. The highest BCUT2D eigenvalue weighted by Gasteiger charge is 2.04. The standard InChI is InChI=1S/C16H24N4O/c1-4-19(5-2)15-8-6-14(7-9-15)18-16-17-10-11-20(16)12-13-21-3/h6-11H,4-5,12-13H2,1-3H3,(H,17,18). The second kappa shape index (κ2) is 7.69. The summed E-state index contributed by atoms with van der Waals surface area (Å²) >= 11 is 0. The number of methoxy groups -OCH3 is 1. The average molecular weight is 288 g/mol.